The highest BCUT2D eigenvalue weighted by molar-refractivity contribution is 14.1. The zero-order chi connectivity index (χ0) is 18.6. The van der Waals surface area contributed by atoms with Crippen LogP contribution in [0.25, 0.3) is 0 Å². The molecule has 130 valence electrons. The Bertz CT molecular complexity index is 850. The first-order valence-electron chi connectivity index (χ1n) is 7.82. The number of thiophene rings is 1. The van der Waals surface area contributed by atoms with Crippen molar-refractivity contribution < 1.29 is 9.59 Å². The van der Waals surface area contributed by atoms with Crippen LogP contribution in [0.4, 0.5) is 5.00 Å². The maximum absolute atomic E-state index is 12.6. The van der Waals surface area contributed by atoms with E-state index in [0.29, 0.717) is 39.7 Å². The number of nitrogens with one attached hydrogen (secondary N) is 1. The third kappa shape index (κ3) is 4.19. The van der Waals surface area contributed by atoms with E-state index in [1.165, 1.54) is 0 Å². The molecule has 0 atom stereocenters. The van der Waals surface area contributed by atoms with Crippen molar-refractivity contribution in [3.05, 3.63) is 49.4 Å². The van der Waals surface area contributed by atoms with Crippen LogP contribution in [0.2, 0.25) is 0 Å². The summed E-state index contributed by atoms with van der Waals surface area (Å²) < 4.78 is 0.950. The minimum atomic E-state index is -0.293. The molecule has 2 amide bonds. The van der Waals surface area contributed by atoms with Gasteiger partial charge in [0.2, 0.25) is 0 Å². The Morgan fingerprint density at radius 2 is 2.00 bits per heavy atom. The van der Waals surface area contributed by atoms with Gasteiger partial charge in [0.1, 0.15) is 11.1 Å². The fourth-order valence-corrected chi connectivity index (χ4v) is 4.06. The maximum Gasteiger partial charge on any atom is 0.264 e. The fraction of sp³-hybridized carbons (Fsp3) is 0.278. The van der Waals surface area contributed by atoms with Crippen molar-refractivity contribution in [1.82, 2.24) is 4.90 Å². The molecule has 1 N–H and O–H groups in total. The molecule has 1 aromatic heterocycles. The standard InChI is InChI=1S/C18H18IN3O2S/c1-4-22(5-2)18(24)15-11(3)14(10-20)17(25-15)21-16(23)12-7-6-8-13(19)9-12/h6-9H,4-5H2,1-3H3,(H,21,23). The molecular weight excluding hydrogens is 449 g/mol. The van der Waals surface area contributed by atoms with Crippen LogP contribution in [-0.4, -0.2) is 29.8 Å². The normalized spacial score (nSPS) is 10.2. The summed E-state index contributed by atoms with van der Waals surface area (Å²) in [5.41, 5.74) is 1.47. The summed E-state index contributed by atoms with van der Waals surface area (Å²) in [5, 5.41) is 12.6. The molecule has 1 heterocycles. The number of amides is 2. The molecule has 0 aliphatic carbocycles. The van der Waals surface area contributed by atoms with Gasteiger partial charge in [-0.2, -0.15) is 5.26 Å². The second kappa shape index (κ2) is 8.45. The van der Waals surface area contributed by atoms with Gasteiger partial charge in [-0.3, -0.25) is 9.59 Å². The van der Waals surface area contributed by atoms with E-state index in [9.17, 15) is 14.9 Å². The van der Waals surface area contributed by atoms with E-state index in [2.05, 4.69) is 34.0 Å². The van der Waals surface area contributed by atoms with Crippen LogP contribution in [0.15, 0.2) is 24.3 Å². The van der Waals surface area contributed by atoms with Crippen molar-refractivity contribution in [2.45, 2.75) is 20.8 Å². The van der Waals surface area contributed by atoms with Crippen LogP contribution in [0.1, 0.15) is 45.0 Å². The van der Waals surface area contributed by atoms with E-state index >= 15 is 0 Å². The van der Waals surface area contributed by atoms with E-state index in [-0.39, 0.29) is 11.8 Å². The number of halogens is 1. The van der Waals surface area contributed by atoms with E-state index < -0.39 is 0 Å². The molecule has 0 saturated carbocycles. The van der Waals surface area contributed by atoms with Crippen molar-refractivity contribution in [3.63, 3.8) is 0 Å². The highest BCUT2D eigenvalue weighted by Crippen LogP contribution is 2.33. The first kappa shape index (κ1) is 19.4. The third-order valence-corrected chi connectivity index (χ3v) is 5.68. The second-order valence-corrected chi connectivity index (χ2v) is 7.58. The Morgan fingerprint density at radius 3 is 2.56 bits per heavy atom. The molecule has 0 spiro atoms. The lowest BCUT2D eigenvalue weighted by atomic mass is 10.1. The number of hydrogen-bond acceptors (Lipinski definition) is 4. The molecule has 0 fully saturated rings. The number of rotatable bonds is 5. The van der Waals surface area contributed by atoms with Crippen molar-refractivity contribution >= 4 is 50.7 Å². The second-order valence-electron chi connectivity index (χ2n) is 5.31. The van der Waals surface area contributed by atoms with Gasteiger partial charge in [0, 0.05) is 22.2 Å². The lowest BCUT2D eigenvalue weighted by molar-refractivity contribution is 0.0777. The molecule has 0 radical (unpaired) electrons. The summed E-state index contributed by atoms with van der Waals surface area (Å²) in [6.45, 7) is 6.76. The number of carbonyl (C=O) groups excluding carboxylic acids is 2. The summed E-state index contributed by atoms with van der Waals surface area (Å²) in [5.74, 6) is -0.406. The molecule has 25 heavy (non-hydrogen) atoms. The lowest BCUT2D eigenvalue weighted by Crippen LogP contribution is -2.30. The molecule has 1 aromatic carbocycles. The van der Waals surface area contributed by atoms with Crippen LogP contribution in [0.5, 0.6) is 0 Å². The van der Waals surface area contributed by atoms with Crippen LogP contribution >= 0.6 is 33.9 Å². The molecule has 0 bridgehead atoms. The Balaban J connectivity index is 2.36. The monoisotopic (exact) mass is 467 g/mol. The highest BCUT2D eigenvalue weighted by atomic mass is 127. The minimum Gasteiger partial charge on any atom is -0.338 e. The van der Waals surface area contributed by atoms with E-state index in [1.54, 1.807) is 30.0 Å². The van der Waals surface area contributed by atoms with Crippen LogP contribution in [-0.2, 0) is 0 Å². The summed E-state index contributed by atoms with van der Waals surface area (Å²) in [6.07, 6.45) is 0. The predicted molar refractivity (Wildman–Crippen MR) is 108 cm³/mol. The van der Waals surface area contributed by atoms with Crippen molar-refractivity contribution in [2.24, 2.45) is 0 Å². The number of anilines is 1. The lowest BCUT2D eigenvalue weighted by Gasteiger charge is -2.17. The Hall–Kier alpha value is -1.92. The molecule has 2 rings (SSSR count). The summed E-state index contributed by atoms with van der Waals surface area (Å²) >= 11 is 3.30. The summed E-state index contributed by atoms with van der Waals surface area (Å²) in [6, 6.07) is 9.29. The van der Waals surface area contributed by atoms with Crippen molar-refractivity contribution in [1.29, 1.82) is 5.26 Å². The Kier molecular flexibility index (Phi) is 6.56. The van der Waals surface area contributed by atoms with Gasteiger partial charge < -0.3 is 10.2 Å². The van der Waals surface area contributed by atoms with Gasteiger partial charge in [-0.15, -0.1) is 11.3 Å². The van der Waals surface area contributed by atoms with E-state index in [0.717, 1.165) is 14.9 Å². The number of nitriles is 1. The van der Waals surface area contributed by atoms with E-state index in [1.807, 2.05) is 19.9 Å². The SMILES string of the molecule is CCN(CC)C(=O)c1sc(NC(=O)c2cccc(I)c2)c(C#N)c1C. The smallest absolute Gasteiger partial charge is 0.264 e. The largest absolute Gasteiger partial charge is 0.338 e. The van der Waals surface area contributed by atoms with Gasteiger partial charge >= 0.3 is 0 Å². The Labute approximate surface area is 164 Å². The highest BCUT2D eigenvalue weighted by Gasteiger charge is 2.24. The van der Waals surface area contributed by atoms with Gasteiger partial charge in [0.05, 0.1) is 10.4 Å². The molecule has 2 aromatic rings. The van der Waals surface area contributed by atoms with Crippen molar-refractivity contribution in [2.75, 3.05) is 18.4 Å². The predicted octanol–water partition coefficient (Wildman–Crippen LogP) is 4.27. The van der Waals surface area contributed by atoms with Crippen LogP contribution in [0.3, 0.4) is 0 Å². The van der Waals surface area contributed by atoms with Gasteiger partial charge in [0.15, 0.2) is 0 Å². The number of nitrogens with zero attached hydrogens (tertiary/aromatic N) is 2. The first-order valence-corrected chi connectivity index (χ1v) is 9.72. The molecule has 7 heteroatoms. The quantitative estimate of drug-likeness (QED) is 0.668. The van der Waals surface area contributed by atoms with Crippen LogP contribution in [0, 0.1) is 21.8 Å². The molecule has 0 unspecified atom stereocenters. The van der Waals surface area contributed by atoms with E-state index in [4.69, 9.17) is 0 Å². The first-order chi connectivity index (χ1) is 11.9. The molecule has 0 aliphatic heterocycles. The van der Waals surface area contributed by atoms with Gasteiger partial charge in [-0.1, -0.05) is 6.07 Å². The molecule has 0 aliphatic rings. The average molecular weight is 467 g/mol. The number of hydrogen-bond donors (Lipinski definition) is 1. The summed E-state index contributed by atoms with van der Waals surface area (Å²) in [4.78, 5) is 27.3. The molecule has 5 nitrogen and oxygen atoms in total. The zero-order valence-electron chi connectivity index (χ0n) is 14.2. The summed E-state index contributed by atoms with van der Waals surface area (Å²) in [7, 11) is 0. The zero-order valence-corrected chi connectivity index (χ0v) is 17.2. The van der Waals surface area contributed by atoms with Crippen LogP contribution < -0.4 is 5.32 Å². The molecular formula is C18H18IN3O2S. The maximum atomic E-state index is 12.6. The Morgan fingerprint density at radius 1 is 1.32 bits per heavy atom. The fourth-order valence-electron chi connectivity index (χ4n) is 2.40. The molecule has 0 saturated heterocycles. The van der Waals surface area contributed by atoms with Crippen molar-refractivity contribution in [3.8, 4) is 6.07 Å². The average Bonchev–Trinajstić information content (AvgIpc) is 2.91. The van der Waals surface area contributed by atoms with Gasteiger partial charge in [-0.05, 0) is 67.1 Å². The number of carbonyl (C=O) groups is 2. The van der Waals surface area contributed by atoms with Gasteiger partial charge in [-0.25, -0.2) is 0 Å². The topological polar surface area (TPSA) is 73.2 Å². The minimum absolute atomic E-state index is 0.112. The number of benzene rings is 1. The third-order valence-electron chi connectivity index (χ3n) is 3.82. The van der Waals surface area contributed by atoms with Gasteiger partial charge in [0.25, 0.3) is 11.8 Å².